The maximum atomic E-state index is 13.7. The van der Waals surface area contributed by atoms with Gasteiger partial charge in [-0.05, 0) is 47.1 Å². The maximum Gasteiger partial charge on any atom is 0.139 e. The normalized spacial score (nSPS) is 14.4. The molecule has 2 atom stereocenters. The molecule has 0 saturated carbocycles. The Morgan fingerprint density at radius 3 is 2.53 bits per heavy atom. The van der Waals surface area contributed by atoms with Gasteiger partial charge in [-0.2, -0.15) is 0 Å². The number of thioether (sulfide) groups is 1. The fourth-order valence-electron chi connectivity index (χ4n) is 1.61. The summed E-state index contributed by atoms with van der Waals surface area (Å²) >= 11 is 6.30. The predicted octanol–water partition coefficient (Wildman–Crippen LogP) is 4.97. The number of rotatable bonds is 4. The monoisotopic (exact) mass is 363 g/mol. The van der Waals surface area contributed by atoms with E-state index < -0.39 is 11.6 Å². The minimum absolute atomic E-state index is 0.0590. The fraction of sp³-hybridized carbons (Fsp3) is 0.231. The summed E-state index contributed by atoms with van der Waals surface area (Å²) in [5, 5.41) is -0.0590. The fourth-order valence-corrected chi connectivity index (χ4v) is 4.42. The lowest BCUT2D eigenvalue weighted by atomic mass is 10.2. The summed E-state index contributed by atoms with van der Waals surface area (Å²) in [5.41, 5.74) is 5.98. The summed E-state index contributed by atoms with van der Waals surface area (Å²) in [6.07, 6.45) is 0. The number of thiophene rings is 1. The molecule has 0 aliphatic carbocycles. The van der Waals surface area contributed by atoms with Crippen LogP contribution in [0.15, 0.2) is 39.0 Å². The highest BCUT2D eigenvalue weighted by atomic mass is 79.9. The second-order valence-corrected chi connectivity index (χ2v) is 7.79. The van der Waals surface area contributed by atoms with Crippen LogP contribution in [-0.2, 0) is 0 Å². The second kappa shape index (κ2) is 6.35. The molecule has 2 rings (SSSR count). The molecule has 0 aliphatic heterocycles. The van der Waals surface area contributed by atoms with Crippen molar-refractivity contribution in [2.24, 2.45) is 5.73 Å². The van der Waals surface area contributed by atoms with Gasteiger partial charge in [-0.3, -0.25) is 0 Å². The van der Waals surface area contributed by atoms with E-state index in [0.717, 1.165) is 14.7 Å². The molecule has 102 valence electrons. The second-order valence-electron chi connectivity index (χ2n) is 4.11. The summed E-state index contributed by atoms with van der Waals surface area (Å²) in [5.74, 6) is -1.12. The van der Waals surface area contributed by atoms with Crippen LogP contribution in [0.25, 0.3) is 0 Å². The van der Waals surface area contributed by atoms with Crippen LogP contribution in [0.5, 0.6) is 0 Å². The summed E-state index contributed by atoms with van der Waals surface area (Å²) < 4.78 is 27.6. The van der Waals surface area contributed by atoms with Crippen LogP contribution in [0.1, 0.15) is 17.1 Å². The highest BCUT2D eigenvalue weighted by molar-refractivity contribution is 9.11. The first-order chi connectivity index (χ1) is 8.97. The summed E-state index contributed by atoms with van der Waals surface area (Å²) in [6, 6.07) is 7.38. The zero-order chi connectivity index (χ0) is 14.0. The van der Waals surface area contributed by atoms with E-state index in [-0.39, 0.29) is 11.3 Å². The molecule has 19 heavy (non-hydrogen) atoms. The van der Waals surface area contributed by atoms with Crippen molar-refractivity contribution < 1.29 is 8.78 Å². The van der Waals surface area contributed by atoms with Crippen molar-refractivity contribution in [3.05, 3.63) is 50.6 Å². The lowest BCUT2D eigenvalue weighted by Gasteiger charge is -2.19. The highest BCUT2D eigenvalue weighted by Crippen LogP contribution is 2.42. The van der Waals surface area contributed by atoms with Crippen LogP contribution in [-0.4, -0.2) is 6.04 Å². The Morgan fingerprint density at radius 2 is 2.00 bits per heavy atom. The van der Waals surface area contributed by atoms with Crippen molar-refractivity contribution in [3.63, 3.8) is 0 Å². The molecule has 0 aliphatic rings. The highest BCUT2D eigenvalue weighted by Gasteiger charge is 2.21. The van der Waals surface area contributed by atoms with E-state index in [1.165, 1.54) is 23.9 Å². The number of hydrogen-bond acceptors (Lipinski definition) is 3. The lowest BCUT2D eigenvalue weighted by molar-refractivity contribution is 0.565. The molecule has 0 fully saturated rings. The third-order valence-electron chi connectivity index (χ3n) is 2.50. The number of hydrogen-bond donors (Lipinski definition) is 1. The van der Waals surface area contributed by atoms with E-state index >= 15 is 0 Å². The van der Waals surface area contributed by atoms with Gasteiger partial charge in [0.15, 0.2) is 0 Å². The third kappa shape index (κ3) is 3.78. The molecule has 2 unspecified atom stereocenters. The standard InChI is InChI=1S/C13H12BrF2NS2/c1-7(17)13(11-4-5-12(14)18-11)19-10-3-2-8(15)6-9(10)16/h2-7,13H,17H2,1H3. The largest absolute Gasteiger partial charge is 0.327 e. The molecule has 0 bridgehead atoms. The zero-order valence-corrected chi connectivity index (χ0v) is 13.3. The minimum Gasteiger partial charge on any atom is -0.327 e. The van der Waals surface area contributed by atoms with Crippen molar-refractivity contribution in [1.29, 1.82) is 0 Å². The summed E-state index contributed by atoms with van der Waals surface area (Å²) in [7, 11) is 0. The third-order valence-corrected chi connectivity index (χ3v) is 5.88. The first-order valence-electron chi connectivity index (χ1n) is 5.60. The SMILES string of the molecule is CC(N)C(Sc1ccc(F)cc1F)c1ccc(Br)s1. The van der Waals surface area contributed by atoms with Crippen molar-refractivity contribution in [3.8, 4) is 0 Å². The van der Waals surface area contributed by atoms with Gasteiger partial charge in [-0.15, -0.1) is 23.1 Å². The number of halogens is 3. The van der Waals surface area contributed by atoms with Gasteiger partial charge in [-0.1, -0.05) is 0 Å². The average Bonchev–Trinajstić information content (AvgIpc) is 2.74. The van der Waals surface area contributed by atoms with Crippen LogP contribution < -0.4 is 5.73 Å². The molecule has 2 N–H and O–H groups in total. The molecule has 1 heterocycles. The molecule has 1 aromatic carbocycles. The lowest BCUT2D eigenvalue weighted by Crippen LogP contribution is -2.21. The Balaban J connectivity index is 2.26. The van der Waals surface area contributed by atoms with Gasteiger partial charge >= 0.3 is 0 Å². The molecular weight excluding hydrogens is 352 g/mol. The molecule has 1 aromatic heterocycles. The Hall–Kier alpha value is -0.430. The predicted molar refractivity (Wildman–Crippen MR) is 80.6 cm³/mol. The average molecular weight is 364 g/mol. The summed E-state index contributed by atoms with van der Waals surface area (Å²) in [6.45, 7) is 1.88. The Morgan fingerprint density at radius 1 is 1.26 bits per heavy atom. The first-order valence-corrected chi connectivity index (χ1v) is 8.09. The van der Waals surface area contributed by atoms with E-state index in [2.05, 4.69) is 15.9 Å². The molecule has 0 radical (unpaired) electrons. The smallest absolute Gasteiger partial charge is 0.139 e. The Bertz CT molecular complexity index is 572. The van der Waals surface area contributed by atoms with Crippen molar-refractivity contribution in [2.75, 3.05) is 0 Å². The van der Waals surface area contributed by atoms with E-state index in [1.54, 1.807) is 11.3 Å². The molecule has 2 aromatic rings. The van der Waals surface area contributed by atoms with E-state index in [1.807, 2.05) is 19.1 Å². The minimum atomic E-state index is -0.571. The molecule has 6 heteroatoms. The van der Waals surface area contributed by atoms with Crippen LogP contribution in [0.4, 0.5) is 8.78 Å². The van der Waals surface area contributed by atoms with Crippen LogP contribution >= 0.6 is 39.0 Å². The topological polar surface area (TPSA) is 26.0 Å². The Labute approximate surface area is 127 Å². The molecular formula is C13H12BrF2NS2. The van der Waals surface area contributed by atoms with Gasteiger partial charge in [0, 0.05) is 21.9 Å². The van der Waals surface area contributed by atoms with Gasteiger partial charge in [-0.25, -0.2) is 8.78 Å². The first kappa shape index (κ1) is 15.0. The zero-order valence-electron chi connectivity index (χ0n) is 10.1. The van der Waals surface area contributed by atoms with Crippen molar-refractivity contribution in [2.45, 2.75) is 23.1 Å². The molecule has 0 spiro atoms. The van der Waals surface area contributed by atoms with Gasteiger partial charge in [0.25, 0.3) is 0 Å². The van der Waals surface area contributed by atoms with Crippen LogP contribution in [0, 0.1) is 11.6 Å². The quantitative estimate of drug-likeness (QED) is 0.776. The van der Waals surface area contributed by atoms with Gasteiger partial charge in [0.05, 0.1) is 9.04 Å². The van der Waals surface area contributed by atoms with Gasteiger partial charge in [0.2, 0.25) is 0 Å². The molecule has 1 nitrogen and oxygen atoms in total. The molecule has 0 saturated heterocycles. The van der Waals surface area contributed by atoms with Crippen LogP contribution in [0.3, 0.4) is 0 Å². The van der Waals surface area contributed by atoms with E-state index in [4.69, 9.17) is 5.73 Å². The van der Waals surface area contributed by atoms with Crippen molar-refractivity contribution >= 4 is 39.0 Å². The Kier molecular flexibility index (Phi) is 5.00. The van der Waals surface area contributed by atoms with Gasteiger partial charge in [0.1, 0.15) is 11.6 Å². The van der Waals surface area contributed by atoms with Crippen LogP contribution in [0.2, 0.25) is 0 Å². The maximum absolute atomic E-state index is 13.7. The summed E-state index contributed by atoms with van der Waals surface area (Å²) in [4.78, 5) is 1.48. The van der Waals surface area contributed by atoms with E-state index in [0.29, 0.717) is 4.90 Å². The van der Waals surface area contributed by atoms with Crippen molar-refractivity contribution in [1.82, 2.24) is 0 Å². The van der Waals surface area contributed by atoms with Gasteiger partial charge < -0.3 is 5.73 Å². The number of nitrogens with two attached hydrogens (primary N) is 1. The molecule has 0 amide bonds. The number of benzene rings is 1. The van der Waals surface area contributed by atoms with E-state index in [9.17, 15) is 8.78 Å².